The van der Waals surface area contributed by atoms with Crippen molar-refractivity contribution in [2.24, 2.45) is 0 Å². The van der Waals surface area contributed by atoms with Crippen LogP contribution in [0.4, 0.5) is 10.5 Å². The topological polar surface area (TPSA) is 43.9 Å². The van der Waals surface area contributed by atoms with Gasteiger partial charge >= 0.3 is 6.03 Å². The van der Waals surface area contributed by atoms with Crippen molar-refractivity contribution < 1.29 is 9.59 Å². The van der Waals surface area contributed by atoms with Crippen molar-refractivity contribution in [1.82, 2.24) is 9.80 Å². The normalized spacial score (nSPS) is 19.4. The molecule has 2 aromatic carbocycles. The number of likely N-dealkylation sites (tertiary alicyclic amines) is 1. The molecule has 2 aromatic rings. The summed E-state index contributed by atoms with van der Waals surface area (Å²) in [6.45, 7) is 3.03. The van der Waals surface area contributed by atoms with E-state index in [4.69, 9.17) is 0 Å². The van der Waals surface area contributed by atoms with Gasteiger partial charge in [-0.1, -0.05) is 48.5 Å². The molecule has 0 spiro atoms. The molecule has 2 heterocycles. The molecular formula is C21H23N3O2. The zero-order valence-electron chi connectivity index (χ0n) is 14.8. The van der Waals surface area contributed by atoms with Gasteiger partial charge in [0.1, 0.15) is 6.54 Å². The second-order valence-corrected chi connectivity index (χ2v) is 6.97. The number of anilines is 1. The van der Waals surface area contributed by atoms with E-state index in [2.05, 4.69) is 29.2 Å². The first kappa shape index (κ1) is 16.8. The second kappa shape index (κ2) is 7.30. The van der Waals surface area contributed by atoms with E-state index in [0.29, 0.717) is 5.69 Å². The second-order valence-electron chi connectivity index (χ2n) is 6.97. The summed E-state index contributed by atoms with van der Waals surface area (Å²) in [7, 11) is 0. The number of para-hydroxylation sites is 1. The Balaban J connectivity index is 1.37. The van der Waals surface area contributed by atoms with Crippen LogP contribution in [0.5, 0.6) is 0 Å². The number of hydrogen-bond acceptors (Lipinski definition) is 3. The third kappa shape index (κ3) is 3.35. The number of benzene rings is 2. The average molecular weight is 349 g/mol. The van der Waals surface area contributed by atoms with Gasteiger partial charge in [0.05, 0.1) is 5.69 Å². The number of imide groups is 1. The summed E-state index contributed by atoms with van der Waals surface area (Å²) in [6.07, 6.45) is 1.82. The fourth-order valence-corrected chi connectivity index (χ4v) is 3.87. The van der Waals surface area contributed by atoms with E-state index in [-0.39, 0.29) is 24.5 Å². The van der Waals surface area contributed by atoms with Crippen molar-refractivity contribution in [3.63, 3.8) is 0 Å². The van der Waals surface area contributed by atoms with Gasteiger partial charge in [-0.15, -0.1) is 0 Å². The lowest BCUT2D eigenvalue weighted by molar-refractivity contribution is -0.116. The summed E-state index contributed by atoms with van der Waals surface area (Å²) in [5, 5.41) is 0. The van der Waals surface area contributed by atoms with E-state index in [1.807, 2.05) is 36.4 Å². The average Bonchev–Trinajstić information content (AvgIpc) is 2.98. The van der Waals surface area contributed by atoms with Crippen LogP contribution in [-0.4, -0.2) is 47.4 Å². The van der Waals surface area contributed by atoms with Gasteiger partial charge < -0.3 is 4.90 Å². The molecule has 2 fully saturated rings. The molecule has 0 aliphatic carbocycles. The van der Waals surface area contributed by atoms with Crippen LogP contribution in [0.3, 0.4) is 0 Å². The van der Waals surface area contributed by atoms with Crippen molar-refractivity contribution in [3.05, 3.63) is 66.2 Å². The Hall–Kier alpha value is -2.66. The van der Waals surface area contributed by atoms with Gasteiger partial charge in [0.15, 0.2) is 0 Å². The summed E-state index contributed by atoms with van der Waals surface area (Å²) in [5.41, 5.74) is 1.97. The van der Waals surface area contributed by atoms with Crippen LogP contribution in [0.25, 0.3) is 0 Å². The molecule has 5 nitrogen and oxygen atoms in total. The molecule has 0 saturated carbocycles. The standard InChI is InChI=1S/C21H23N3O2/c25-20-16-23(21(26)24(20)19-9-5-2-6-10-19)18-11-13-22(14-12-18)15-17-7-3-1-4-8-17/h1-10,18H,11-16H2. The fourth-order valence-electron chi connectivity index (χ4n) is 3.87. The molecule has 0 N–H and O–H groups in total. The maximum absolute atomic E-state index is 12.8. The number of hydrogen-bond donors (Lipinski definition) is 0. The number of piperidine rings is 1. The van der Waals surface area contributed by atoms with Crippen LogP contribution < -0.4 is 4.90 Å². The van der Waals surface area contributed by atoms with Crippen LogP contribution >= 0.6 is 0 Å². The Morgan fingerprint density at radius 1 is 0.846 bits per heavy atom. The highest BCUT2D eigenvalue weighted by Gasteiger charge is 2.41. The van der Waals surface area contributed by atoms with E-state index < -0.39 is 0 Å². The van der Waals surface area contributed by atoms with Crippen LogP contribution in [0.15, 0.2) is 60.7 Å². The predicted molar refractivity (Wildman–Crippen MR) is 101 cm³/mol. The number of urea groups is 1. The van der Waals surface area contributed by atoms with Gasteiger partial charge in [-0.05, 0) is 30.5 Å². The molecule has 26 heavy (non-hydrogen) atoms. The Labute approximate surface area is 153 Å². The molecule has 0 radical (unpaired) electrons. The molecule has 134 valence electrons. The molecule has 5 heteroatoms. The summed E-state index contributed by atoms with van der Waals surface area (Å²) in [6, 6.07) is 19.6. The smallest absolute Gasteiger partial charge is 0.312 e. The van der Waals surface area contributed by atoms with Crippen molar-refractivity contribution in [2.45, 2.75) is 25.4 Å². The maximum atomic E-state index is 12.8. The first-order chi connectivity index (χ1) is 12.7. The van der Waals surface area contributed by atoms with Gasteiger partial charge in [-0.2, -0.15) is 0 Å². The lowest BCUT2D eigenvalue weighted by Crippen LogP contribution is -2.46. The van der Waals surface area contributed by atoms with Crippen LogP contribution in [0.1, 0.15) is 18.4 Å². The molecule has 0 unspecified atom stereocenters. The minimum Gasteiger partial charge on any atom is -0.312 e. The van der Waals surface area contributed by atoms with Crippen molar-refractivity contribution in [2.75, 3.05) is 24.5 Å². The largest absolute Gasteiger partial charge is 0.332 e. The van der Waals surface area contributed by atoms with Crippen molar-refractivity contribution >= 4 is 17.6 Å². The lowest BCUT2D eigenvalue weighted by atomic mass is 10.0. The molecule has 2 aliphatic heterocycles. The van der Waals surface area contributed by atoms with E-state index in [9.17, 15) is 9.59 Å². The lowest BCUT2D eigenvalue weighted by Gasteiger charge is -2.36. The monoisotopic (exact) mass is 349 g/mol. The molecule has 0 atom stereocenters. The SMILES string of the molecule is O=C1CN(C2CCN(Cc3ccccc3)CC2)C(=O)N1c1ccccc1. The van der Waals surface area contributed by atoms with Crippen LogP contribution in [0.2, 0.25) is 0 Å². The quantitative estimate of drug-likeness (QED) is 0.797. The zero-order valence-corrected chi connectivity index (χ0v) is 14.8. The number of carbonyl (C=O) groups excluding carboxylic acids is 2. The first-order valence-corrected chi connectivity index (χ1v) is 9.17. The van der Waals surface area contributed by atoms with E-state index in [1.54, 1.807) is 4.90 Å². The number of amides is 3. The van der Waals surface area contributed by atoms with E-state index >= 15 is 0 Å². The van der Waals surface area contributed by atoms with Gasteiger partial charge in [0.2, 0.25) is 0 Å². The Kier molecular flexibility index (Phi) is 4.71. The number of rotatable bonds is 4. The Morgan fingerprint density at radius 3 is 2.12 bits per heavy atom. The Bertz CT molecular complexity index is 770. The first-order valence-electron chi connectivity index (χ1n) is 9.17. The maximum Gasteiger partial charge on any atom is 0.332 e. The summed E-state index contributed by atoms with van der Waals surface area (Å²) < 4.78 is 0. The minimum absolute atomic E-state index is 0.132. The third-order valence-electron chi connectivity index (χ3n) is 5.25. The minimum atomic E-state index is -0.178. The highest BCUT2D eigenvalue weighted by atomic mass is 16.2. The van der Waals surface area contributed by atoms with Gasteiger partial charge in [-0.3, -0.25) is 9.69 Å². The third-order valence-corrected chi connectivity index (χ3v) is 5.25. The van der Waals surface area contributed by atoms with E-state index in [1.165, 1.54) is 10.5 Å². The molecule has 3 amide bonds. The molecule has 2 aliphatic rings. The van der Waals surface area contributed by atoms with Crippen molar-refractivity contribution in [1.29, 1.82) is 0 Å². The summed E-state index contributed by atoms with van der Waals surface area (Å²) >= 11 is 0. The molecule has 2 saturated heterocycles. The highest BCUT2D eigenvalue weighted by molar-refractivity contribution is 6.19. The summed E-state index contributed by atoms with van der Waals surface area (Å²) in [4.78, 5) is 30.7. The van der Waals surface area contributed by atoms with Crippen LogP contribution in [0, 0.1) is 0 Å². The molecular weight excluding hydrogens is 326 g/mol. The molecule has 0 bridgehead atoms. The fraction of sp³-hybridized carbons (Fsp3) is 0.333. The Morgan fingerprint density at radius 2 is 1.46 bits per heavy atom. The molecule has 0 aromatic heterocycles. The molecule has 4 rings (SSSR count). The van der Waals surface area contributed by atoms with Crippen LogP contribution in [-0.2, 0) is 11.3 Å². The number of carbonyl (C=O) groups is 2. The van der Waals surface area contributed by atoms with Gasteiger partial charge in [-0.25, -0.2) is 9.69 Å². The number of nitrogens with zero attached hydrogens (tertiary/aromatic N) is 3. The highest BCUT2D eigenvalue weighted by Crippen LogP contribution is 2.26. The van der Waals surface area contributed by atoms with Crippen molar-refractivity contribution in [3.8, 4) is 0 Å². The zero-order chi connectivity index (χ0) is 17.9. The summed E-state index contributed by atoms with van der Waals surface area (Å²) in [5.74, 6) is -0.132. The van der Waals surface area contributed by atoms with Gasteiger partial charge in [0, 0.05) is 25.7 Å². The van der Waals surface area contributed by atoms with Gasteiger partial charge in [0.25, 0.3) is 5.91 Å². The predicted octanol–water partition coefficient (Wildman–Crippen LogP) is 3.12. The van der Waals surface area contributed by atoms with E-state index in [0.717, 1.165) is 32.5 Å².